The fraction of sp³-hybridized carbons (Fsp3) is 0.375. The molecule has 0 aromatic heterocycles. The molecular weight excluding hydrogens is 457 g/mol. The lowest BCUT2D eigenvalue weighted by atomic mass is 9.83. The van der Waals surface area contributed by atoms with E-state index in [1.807, 2.05) is 31.2 Å². The number of unbranched alkanes of at least 4 members (excludes halogenated alkanes) is 2. The summed E-state index contributed by atoms with van der Waals surface area (Å²) in [4.78, 5) is 0. The van der Waals surface area contributed by atoms with E-state index in [1.165, 1.54) is 37.8 Å². The highest BCUT2D eigenvalue weighted by molar-refractivity contribution is 5.74. The maximum Gasteiger partial charge on any atom is 0.201 e. The SMILES string of the molecule is CCCCCC1CC=C(c2ccc(-c3ccc(-c4ccc(OCCC)c(F)c4F)cc3)cc2F)CC1. The van der Waals surface area contributed by atoms with E-state index in [9.17, 15) is 8.78 Å². The fourth-order valence-electron chi connectivity index (χ4n) is 4.95. The van der Waals surface area contributed by atoms with Gasteiger partial charge in [0.1, 0.15) is 5.82 Å². The molecule has 0 spiro atoms. The first-order valence-electron chi connectivity index (χ1n) is 13.2. The second kappa shape index (κ2) is 12.3. The number of rotatable bonds is 10. The highest BCUT2D eigenvalue weighted by Gasteiger charge is 2.18. The van der Waals surface area contributed by atoms with Crippen molar-refractivity contribution in [2.24, 2.45) is 5.92 Å². The van der Waals surface area contributed by atoms with Gasteiger partial charge in [-0.3, -0.25) is 0 Å². The second-order valence-corrected chi connectivity index (χ2v) is 9.73. The van der Waals surface area contributed by atoms with E-state index in [0.717, 1.165) is 41.9 Å². The Balaban J connectivity index is 1.47. The molecule has 1 atom stereocenters. The van der Waals surface area contributed by atoms with Crippen LogP contribution < -0.4 is 4.74 Å². The average molecular weight is 493 g/mol. The summed E-state index contributed by atoms with van der Waals surface area (Å²) in [5.74, 6) is -1.49. The molecule has 0 saturated carbocycles. The van der Waals surface area contributed by atoms with Crippen LogP contribution in [-0.2, 0) is 0 Å². The molecule has 0 fully saturated rings. The van der Waals surface area contributed by atoms with E-state index >= 15 is 4.39 Å². The minimum absolute atomic E-state index is 0.0784. The molecule has 0 saturated heterocycles. The van der Waals surface area contributed by atoms with Crippen molar-refractivity contribution in [3.05, 3.63) is 83.7 Å². The smallest absolute Gasteiger partial charge is 0.201 e. The first-order valence-corrected chi connectivity index (χ1v) is 13.2. The predicted octanol–water partition coefficient (Wildman–Crippen LogP) is 9.99. The van der Waals surface area contributed by atoms with Crippen LogP contribution in [0.3, 0.4) is 0 Å². The maximum absolute atomic E-state index is 15.1. The van der Waals surface area contributed by atoms with Crippen LogP contribution in [0.1, 0.15) is 70.8 Å². The quantitative estimate of drug-likeness (QED) is 0.256. The highest BCUT2D eigenvalue weighted by Crippen LogP contribution is 2.36. The number of hydrogen-bond acceptors (Lipinski definition) is 1. The van der Waals surface area contributed by atoms with Crippen LogP contribution in [0.2, 0.25) is 0 Å². The van der Waals surface area contributed by atoms with Gasteiger partial charge in [0.15, 0.2) is 11.6 Å². The van der Waals surface area contributed by atoms with Gasteiger partial charge in [-0.1, -0.05) is 82.0 Å². The molecule has 1 nitrogen and oxygen atoms in total. The van der Waals surface area contributed by atoms with Crippen molar-refractivity contribution in [1.82, 2.24) is 0 Å². The van der Waals surface area contributed by atoms with Gasteiger partial charge in [-0.25, -0.2) is 8.78 Å². The Morgan fingerprint density at radius 1 is 0.778 bits per heavy atom. The fourth-order valence-corrected chi connectivity index (χ4v) is 4.95. The number of ether oxygens (including phenoxy) is 1. The normalized spacial score (nSPS) is 15.6. The summed E-state index contributed by atoms with van der Waals surface area (Å²) < 4.78 is 49.4. The van der Waals surface area contributed by atoms with E-state index in [1.54, 1.807) is 18.2 Å². The van der Waals surface area contributed by atoms with Crippen LogP contribution in [0.25, 0.3) is 27.8 Å². The molecule has 190 valence electrons. The lowest BCUT2D eigenvalue weighted by Crippen LogP contribution is -2.06. The zero-order valence-corrected chi connectivity index (χ0v) is 21.3. The Bertz CT molecular complexity index is 1200. The molecule has 0 aliphatic heterocycles. The molecule has 0 heterocycles. The van der Waals surface area contributed by atoms with E-state index in [-0.39, 0.29) is 17.1 Å². The Hall–Kier alpha value is -3.01. The van der Waals surface area contributed by atoms with Crippen molar-refractivity contribution < 1.29 is 17.9 Å². The van der Waals surface area contributed by atoms with Gasteiger partial charge >= 0.3 is 0 Å². The van der Waals surface area contributed by atoms with Gasteiger partial charge < -0.3 is 4.74 Å². The number of benzene rings is 3. The Kier molecular flexibility index (Phi) is 8.90. The monoisotopic (exact) mass is 492 g/mol. The van der Waals surface area contributed by atoms with Crippen molar-refractivity contribution in [1.29, 1.82) is 0 Å². The van der Waals surface area contributed by atoms with Crippen molar-refractivity contribution in [3.63, 3.8) is 0 Å². The third-order valence-corrected chi connectivity index (χ3v) is 7.09. The van der Waals surface area contributed by atoms with Crippen LogP contribution >= 0.6 is 0 Å². The summed E-state index contributed by atoms with van der Waals surface area (Å²) in [7, 11) is 0. The van der Waals surface area contributed by atoms with Gasteiger partial charge in [-0.15, -0.1) is 0 Å². The van der Waals surface area contributed by atoms with Gasteiger partial charge in [0, 0.05) is 11.1 Å². The molecule has 36 heavy (non-hydrogen) atoms. The lowest BCUT2D eigenvalue weighted by Gasteiger charge is -2.22. The number of hydrogen-bond donors (Lipinski definition) is 0. The van der Waals surface area contributed by atoms with Gasteiger partial charge in [-0.05, 0) is 72.1 Å². The first-order chi connectivity index (χ1) is 17.5. The number of allylic oxidation sites excluding steroid dienone is 2. The van der Waals surface area contributed by atoms with Crippen molar-refractivity contribution in [2.75, 3.05) is 6.61 Å². The van der Waals surface area contributed by atoms with Gasteiger partial charge in [0.25, 0.3) is 0 Å². The van der Waals surface area contributed by atoms with Crippen molar-refractivity contribution in [3.8, 4) is 28.0 Å². The van der Waals surface area contributed by atoms with Gasteiger partial charge in [0.2, 0.25) is 5.82 Å². The lowest BCUT2D eigenvalue weighted by molar-refractivity contribution is 0.295. The summed E-state index contributed by atoms with van der Waals surface area (Å²) in [5, 5.41) is 0. The second-order valence-electron chi connectivity index (χ2n) is 9.73. The average Bonchev–Trinajstić information content (AvgIpc) is 2.90. The zero-order valence-electron chi connectivity index (χ0n) is 21.3. The molecule has 0 N–H and O–H groups in total. The molecule has 0 radical (unpaired) electrons. The molecule has 0 amide bonds. The largest absolute Gasteiger partial charge is 0.490 e. The third-order valence-electron chi connectivity index (χ3n) is 7.09. The predicted molar refractivity (Wildman–Crippen MR) is 142 cm³/mol. The van der Waals surface area contributed by atoms with Crippen LogP contribution in [0.5, 0.6) is 5.75 Å². The molecule has 1 unspecified atom stereocenters. The number of halogens is 3. The highest BCUT2D eigenvalue weighted by atomic mass is 19.2. The van der Waals surface area contributed by atoms with Crippen LogP contribution in [0, 0.1) is 23.4 Å². The summed E-state index contributed by atoms with van der Waals surface area (Å²) in [6.07, 6.45) is 11.1. The van der Waals surface area contributed by atoms with Crippen LogP contribution in [-0.4, -0.2) is 6.61 Å². The Morgan fingerprint density at radius 2 is 1.50 bits per heavy atom. The molecule has 0 bridgehead atoms. The molecule has 4 rings (SSSR count). The zero-order chi connectivity index (χ0) is 25.5. The molecule has 4 heteroatoms. The van der Waals surface area contributed by atoms with E-state index in [0.29, 0.717) is 24.2 Å². The van der Waals surface area contributed by atoms with Gasteiger partial charge in [-0.2, -0.15) is 4.39 Å². The summed E-state index contributed by atoms with van der Waals surface area (Å²) >= 11 is 0. The molecule has 1 aliphatic carbocycles. The van der Waals surface area contributed by atoms with Gasteiger partial charge in [0.05, 0.1) is 6.61 Å². The molecular formula is C32H35F3O. The van der Waals surface area contributed by atoms with Crippen molar-refractivity contribution >= 4 is 5.57 Å². The van der Waals surface area contributed by atoms with Crippen molar-refractivity contribution in [2.45, 2.75) is 65.2 Å². The minimum Gasteiger partial charge on any atom is -0.490 e. The van der Waals surface area contributed by atoms with E-state index in [2.05, 4.69) is 13.0 Å². The minimum atomic E-state index is -0.980. The molecule has 3 aromatic rings. The Labute approximate surface area is 213 Å². The maximum atomic E-state index is 15.1. The summed E-state index contributed by atoms with van der Waals surface area (Å²) in [6, 6.07) is 15.4. The molecule has 1 aliphatic rings. The Morgan fingerprint density at radius 3 is 2.17 bits per heavy atom. The summed E-state index contributed by atoms with van der Waals surface area (Å²) in [6.45, 7) is 4.46. The topological polar surface area (TPSA) is 9.23 Å². The van der Waals surface area contributed by atoms with Crippen LogP contribution in [0.15, 0.2) is 60.7 Å². The third kappa shape index (κ3) is 6.03. The summed E-state index contributed by atoms with van der Waals surface area (Å²) in [5.41, 5.74) is 4.08. The first kappa shape index (κ1) is 26.1. The molecule has 3 aromatic carbocycles. The standard InChI is InChI=1S/C32H35F3O/c1-3-5-6-7-22-8-10-24(11-9-22)27-17-16-26(21-29(27)33)23-12-14-25(15-13-23)28-18-19-30(36-20-4-2)32(35)31(28)34/h10,12-19,21-22H,3-9,11,20H2,1-2H3. The van der Waals surface area contributed by atoms with E-state index in [4.69, 9.17) is 4.74 Å². The van der Waals surface area contributed by atoms with E-state index < -0.39 is 11.6 Å². The van der Waals surface area contributed by atoms with Crippen LogP contribution in [0.4, 0.5) is 13.2 Å².